The Hall–Kier alpha value is -4.51. The number of anilines is 1. The number of hydrogen-bond donors (Lipinski definition) is 3. The standard InChI is InChI=1S/C36H39FN4O6/c1-7-21-16-45-32(38-21)27-30-36-22-15-20(37)9-10-24(22)39-34(36)46-26-11-8-18(13-23(26)36)12-19(14-25(42)28(43)17(2)3)31(44)41-29(35(4,5)6)33(40-27)47-30/h8-11,13,15-17,19,28-29,34,39,43H,7,12,14H2,1-6H3,(H,41,44)/t19?,28-,29+,34-,36?/m0/s1. The highest BCUT2D eigenvalue weighted by Crippen LogP contribution is 2.59. The number of nitrogens with zero attached hydrogens (tertiary/aromatic N) is 2. The molecule has 3 N–H and O–H groups in total. The number of carbonyl (C=O) groups is 2. The van der Waals surface area contributed by atoms with Gasteiger partial charge in [-0.05, 0) is 54.0 Å². The molecule has 1 amide bonds. The number of carbonyl (C=O) groups excluding carboxylic acids is 2. The van der Waals surface area contributed by atoms with Crippen LogP contribution in [0, 0.1) is 23.1 Å². The molecule has 4 bridgehead atoms. The maximum atomic E-state index is 15.1. The maximum absolute atomic E-state index is 15.1. The molecule has 5 atom stereocenters. The number of oxazole rings is 2. The fourth-order valence-corrected chi connectivity index (χ4v) is 7.01. The lowest BCUT2D eigenvalue weighted by Gasteiger charge is -2.32. The molecule has 4 aromatic rings. The first-order valence-electron chi connectivity index (χ1n) is 16.1. The summed E-state index contributed by atoms with van der Waals surface area (Å²) in [6.45, 7) is 11.4. The van der Waals surface area contributed by atoms with Gasteiger partial charge in [0.25, 0.3) is 0 Å². The Morgan fingerprint density at radius 2 is 1.91 bits per heavy atom. The lowest BCUT2D eigenvalue weighted by Crippen LogP contribution is -2.42. The molecule has 0 saturated heterocycles. The van der Waals surface area contributed by atoms with Crippen molar-refractivity contribution in [2.75, 3.05) is 5.32 Å². The number of aryl methyl sites for hydroxylation is 1. The summed E-state index contributed by atoms with van der Waals surface area (Å²) in [5, 5.41) is 17.2. The molecule has 10 nitrogen and oxygen atoms in total. The second-order valence-electron chi connectivity index (χ2n) is 14.3. The van der Waals surface area contributed by atoms with E-state index in [-0.39, 0.29) is 36.4 Å². The highest BCUT2D eigenvalue weighted by Gasteiger charge is 2.61. The largest absolute Gasteiger partial charge is 0.469 e. The van der Waals surface area contributed by atoms with Crippen LogP contribution in [-0.4, -0.2) is 39.1 Å². The molecule has 11 heteroatoms. The molecular formula is C36H39FN4O6. The summed E-state index contributed by atoms with van der Waals surface area (Å²) in [7, 11) is 0. The third-order valence-corrected chi connectivity index (χ3v) is 9.58. The Morgan fingerprint density at radius 3 is 2.62 bits per heavy atom. The van der Waals surface area contributed by atoms with Crippen LogP contribution < -0.4 is 15.4 Å². The van der Waals surface area contributed by atoms with Gasteiger partial charge in [-0.3, -0.25) is 9.59 Å². The van der Waals surface area contributed by atoms with Gasteiger partial charge >= 0.3 is 0 Å². The van der Waals surface area contributed by atoms with Crippen LogP contribution in [0.25, 0.3) is 11.6 Å². The monoisotopic (exact) mass is 642 g/mol. The van der Waals surface area contributed by atoms with Crippen molar-refractivity contribution in [3.63, 3.8) is 0 Å². The van der Waals surface area contributed by atoms with Gasteiger partial charge in [0.05, 0.1) is 5.69 Å². The number of aliphatic hydroxyl groups is 1. The molecule has 2 aromatic carbocycles. The average Bonchev–Trinajstić information content (AvgIpc) is 3.79. The molecule has 0 fully saturated rings. The minimum absolute atomic E-state index is 0.156. The molecule has 246 valence electrons. The lowest BCUT2D eigenvalue weighted by molar-refractivity contribution is -0.135. The van der Waals surface area contributed by atoms with Crippen LogP contribution in [0.1, 0.15) is 88.0 Å². The number of hydrogen-bond acceptors (Lipinski definition) is 9. The number of benzene rings is 2. The van der Waals surface area contributed by atoms with Gasteiger partial charge in [0.1, 0.15) is 35.4 Å². The normalized spacial score (nSPS) is 23.6. The Balaban J connectivity index is 1.51. The molecule has 0 aliphatic carbocycles. The third-order valence-electron chi connectivity index (χ3n) is 9.58. The number of aliphatic hydroxyl groups excluding tert-OH is 1. The van der Waals surface area contributed by atoms with Crippen LogP contribution in [-0.2, 0) is 27.8 Å². The quantitative estimate of drug-likeness (QED) is 0.236. The number of rotatable bonds is 6. The van der Waals surface area contributed by atoms with Gasteiger partial charge in [-0.2, -0.15) is 0 Å². The van der Waals surface area contributed by atoms with Crippen LogP contribution in [0.15, 0.2) is 51.5 Å². The van der Waals surface area contributed by atoms with Crippen LogP contribution in [0.3, 0.4) is 0 Å². The van der Waals surface area contributed by atoms with Crippen LogP contribution >= 0.6 is 0 Å². The number of fused-ring (bicyclic) bond motifs is 4. The summed E-state index contributed by atoms with van der Waals surface area (Å²) in [5.41, 5.74) is 1.97. The fraction of sp³-hybridized carbons (Fsp3) is 0.444. The van der Waals surface area contributed by atoms with Gasteiger partial charge in [0, 0.05) is 29.2 Å². The van der Waals surface area contributed by atoms with E-state index in [0.29, 0.717) is 40.4 Å². The smallest absolute Gasteiger partial charge is 0.249 e. The zero-order valence-corrected chi connectivity index (χ0v) is 27.3. The number of nitrogens with one attached hydrogen (secondary N) is 2. The van der Waals surface area contributed by atoms with Crippen molar-refractivity contribution >= 4 is 17.4 Å². The third kappa shape index (κ3) is 4.94. The molecule has 5 heterocycles. The molecule has 3 aliphatic rings. The van der Waals surface area contributed by atoms with Crippen molar-refractivity contribution < 1.29 is 32.7 Å². The molecule has 0 radical (unpaired) electrons. The predicted molar refractivity (Wildman–Crippen MR) is 170 cm³/mol. The van der Waals surface area contributed by atoms with Gasteiger partial charge in [-0.25, -0.2) is 14.4 Å². The molecule has 7 rings (SSSR count). The average molecular weight is 643 g/mol. The van der Waals surface area contributed by atoms with Gasteiger partial charge in [-0.1, -0.05) is 53.7 Å². The summed E-state index contributed by atoms with van der Waals surface area (Å²) in [5.74, 6) is -0.932. The first-order valence-corrected chi connectivity index (χ1v) is 16.1. The van der Waals surface area contributed by atoms with Gasteiger partial charge in [0.15, 0.2) is 23.5 Å². The zero-order chi connectivity index (χ0) is 33.4. The van der Waals surface area contributed by atoms with Crippen molar-refractivity contribution in [3.05, 3.63) is 82.5 Å². The lowest BCUT2D eigenvalue weighted by atomic mass is 9.72. The first-order chi connectivity index (χ1) is 22.3. The molecule has 1 spiro atoms. The number of halogens is 1. The van der Waals surface area contributed by atoms with Crippen molar-refractivity contribution in [3.8, 4) is 17.3 Å². The molecule has 3 aliphatic heterocycles. The minimum Gasteiger partial charge on any atom is -0.469 e. The van der Waals surface area contributed by atoms with E-state index < -0.39 is 46.7 Å². The number of ketones is 1. The number of aromatic nitrogens is 2. The number of Topliss-reactive ketones (excluding diaryl/α,β-unsaturated/α-hetero) is 1. The van der Waals surface area contributed by atoms with E-state index in [9.17, 15) is 14.7 Å². The second kappa shape index (κ2) is 11.0. The summed E-state index contributed by atoms with van der Waals surface area (Å²) in [6, 6.07) is 9.43. The first kappa shape index (κ1) is 31.1. The van der Waals surface area contributed by atoms with Gasteiger partial charge in [0.2, 0.25) is 17.7 Å². The van der Waals surface area contributed by atoms with E-state index in [4.69, 9.17) is 23.5 Å². The fourth-order valence-electron chi connectivity index (χ4n) is 7.01. The summed E-state index contributed by atoms with van der Waals surface area (Å²) in [6.07, 6.45) is 0.349. The molecule has 47 heavy (non-hydrogen) atoms. The van der Waals surface area contributed by atoms with Crippen molar-refractivity contribution in [2.24, 2.45) is 17.3 Å². The van der Waals surface area contributed by atoms with E-state index in [1.54, 1.807) is 26.2 Å². The summed E-state index contributed by atoms with van der Waals surface area (Å²) in [4.78, 5) is 37.0. The Bertz CT molecular complexity index is 1890. The Morgan fingerprint density at radius 1 is 1.13 bits per heavy atom. The summed E-state index contributed by atoms with van der Waals surface area (Å²) < 4.78 is 34.5. The highest BCUT2D eigenvalue weighted by molar-refractivity contribution is 5.89. The molecule has 0 saturated carbocycles. The van der Waals surface area contributed by atoms with Crippen LogP contribution in [0.2, 0.25) is 0 Å². The van der Waals surface area contributed by atoms with Crippen molar-refractivity contribution in [1.29, 1.82) is 0 Å². The van der Waals surface area contributed by atoms with Crippen LogP contribution in [0.4, 0.5) is 10.1 Å². The second-order valence-corrected chi connectivity index (χ2v) is 14.3. The Kier molecular flexibility index (Phi) is 7.31. The van der Waals surface area contributed by atoms with E-state index in [0.717, 1.165) is 11.3 Å². The number of amides is 1. The van der Waals surface area contributed by atoms with Gasteiger partial charge in [-0.15, -0.1) is 0 Å². The highest BCUT2D eigenvalue weighted by atomic mass is 19.1. The van der Waals surface area contributed by atoms with E-state index in [1.807, 2.05) is 45.9 Å². The number of ether oxygens (including phenoxy) is 1. The van der Waals surface area contributed by atoms with E-state index in [2.05, 4.69) is 10.6 Å². The zero-order valence-electron chi connectivity index (χ0n) is 27.3. The maximum Gasteiger partial charge on any atom is 0.249 e. The Labute approximate surface area is 272 Å². The van der Waals surface area contributed by atoms with Gasteiger partial charge < -0.3 is 29.3 Å². The SMILES string of the molecule is CCc1coc(-c2nc3oc2C24c5cc(F)ccc5N[C@H]2Oc2ccc(cc24)CC(CC(=O)[C@@H](O)C(C)C)C(=O)N[C@H]3C(C)(C)C)n1. The summed E-state index contributed by atoms with van der Waals surface area (Å²) >= 11 is 0. The van der Waals surface area contributed by atoms with Crippen molar-refractivity contribution in [1.82, 2.24) is 15.3 Å². The molecule has 2 aromatic heterocycles. The van der Waals surface area contributed by atoms with E-state index in [1.165, 1.54) is 12.1 Å². The van der Waals surface area contributed by atoms with Crippen LogP contribution in [0.5, 0.6) is 5.75 Å². The topological polar surface area (TPSA) is 140 Å². The molecule has 2 unspecified atom stereocenters. The van der Waals surface area contributed by atoms with Crippen molar-refractivity contribution in [2.45, 2.75) is 84.6 Å². The molecular weight excluding hydrogens is 603 g/mol. The predicted octanol–water partition coefficient (Wildman–Crippen LogP) is 5.86. The minimum atomic E-state index is -1.21. The van der Waals surface area contributed by atoms with E-state index >= 15 is 4.39 Å².